The van der Waals surface area contributed by atoms with Gasteiger partial charge in [0.15, 0.2) is 0 Å². The van der Waals surface area contributed by atoms with E-state index in [-0.39, 0.29) is 37.1 Å². The van der Waals surface area contributed by atoms with Crippen molar-refractivity contribution in [3.05, 3.63) is 41.7 Å². The number of aromatic nitrogens is 2. The third kappa shape index (κ3) is 3.89. The molecule has 0 spiro atoms. The summed E-state index contributed by atoms with van der Waals surface area (Å²) in [7, 11) is 1.65. The number of alkyl halides is 2. The number of halogens is 4. The van der Waals surface area contributed by atoms with E-state index in [9.17, 15) is 17.6 Å². The van der Waals surface area contributed by atoms with Crippen LogP contribution in [0.3, 0.4) is 0 Å². The van der Waals surface area contributed by atoms with Gasteiger partial charge in [-0.3, -0.25) is 4.90 Å². The molecule has 0 bridgehead atoms. The highest BCUT2D eigenvalue weighted by molar-refractivity contribution is 5.66. The van der Waals surface area contributed by atoms with Gasteiger partial charge in [0, 0.05) is 42.4 Å². The maximum Gasteiger partial charge on any atom is 0.262 e. The number of hydrogen-bond donors (Lipinski definition) is 1. The highest BCUT2D eigenvalue weighted by Crippen LogP contribution is 2.31. The molecule has 1 aliphatic heterocycles. The van der Waals surface area contributed by atoms with Gasteiger partial charge in [0.2, 0.25) is 5.95 Å². The third-order valence-electron chi connectivity index (χ3n) is 4.33. The lowest BCUT2D eigenvalue weighted by Crippen LogP contribution is -2.32. The Morgan fingerprint density at radius 1 is 1.28 bits per heavy atom. The summed E-state index contributed by atoms with van der Waals surface area (Å²) in [5.74, 6) is -3.74. The Hall–Kier alpha value is -2.22. The van der Waals surface area contributed by atoms with Gasteiger partial charge in [0.05, 0.1) is 12.2 Å². The molecule has 1 fully saturated rings. The summed E-state index contributed by atoms with van der Waals surface area (Å²) in [6.07, 6.45) is 1.22. The van der Waals surface area contributed by atoms with Crippen LogP contribution in [0.15, 0.2) is 24.4 Å². The molecule has 1 aromatic heterocycles. The van der Waals surface area contributed by atoms with Crippen LogP contribution < -0.4 is 5.32 Å². The zero-order valence-electron chi connectivity index (χ0n) is 13.9. The summed E-state index contributed by atoms with van der Waals surface area (Å²) in [5.41, 5.74) is 1.17. The van der Waals surface area contributed by atoms with Gasteiger partial charge in [0.25, 0.3) is 5.92 Å². The molecule has 2 heterocycles. The topological polar surface area (TPSA) is 41.1 Å². The molecule has 1 saturated heterocycles. The standard InChI is InChI=1S/C17H18F4N4/c1-10-14(13-4-3-11(18)5-15(13)19)8-23-16(24-10)22-7-12-6-17(20,21)9-25(12)2/h3-5,8,12H,6-7,9H2,1-2H3,(H,22,23,24)/t12-/m1/s1. The molecule has 0 unspecified atom stereocenters. The summed E-state index contributed by atoms with van der Waals surface area (Å²) in [6, 6.07) is 2.99. The van der Waals surface area contributed by atoms with Crippen LogP contribution >= 0.6 is 0 Å². The first-order valence-corrected chi connectivity index (χ1v) is 7.86. The van der Waals surface area contributed by atoms with Crippen molar-refractivity contribution in [2.24, 2.45) is 0 Å². The van der Waals surface area contributed by atoms with Crippen molar-refractivity contribution in [3.63, 3.8) is 0 Å². The van der Waals surface area contributed by atoms with E-state index in [0.717, 1.165) is 6.07 Å². The molecule has 4 nitrogen and oxygen atoms in total. The number of anilines is 1. The SMILES string of the molecule is Cc1nc(NC[C@H]2CC(F)(F)CN2C)ncc1-c1ccc(F)cc1F. The number of likely N-dealkylation sites (N-methyl/N-ethyl adjacent to an activating group) is 1. The van der Waals surface area contributed by atoms with Crippen molar-refractivity contribution < 1.29 is 17.6 Å². The van der Waals surface area contributed by atoms with Crippen molar-refractivity contribution in [2.75, 3.05) is 25.5 Å². The van der Waals surface area contributed by atoms with E-state index in [0.29, 0.717) is 11.3 Å². The lowest BCUT2D eigenvalue weighted by Gasteiger charge is -2.18. The average molecular weight is 354 g/mol. The first kappa shape index (κ1) is 17.6. The van der Waals surface area contributed by atoms with Gasteiger partial charge >= 0.3 is 0 Å². The lowest BCUT2D eigenvalue weighted by molar-refractivity contribution is 0.0141. The molecule has 1 aliphatic rings. The van der Waals surface area contributed by atoms with Crippen LogP contribution in [0.25, 0.3) is 11.1 Å². The van der Waals surface area contributed by atoms with Crippen molar-refractivity contribution in [3.8, 4) is 11.1 Å². The number of nitrogens with one attached hydrogen (secondary N) is 1. The third-order valence-corrected chi connectivity index (χ3v) is 4.33. The molecular formula is C17H18F4N4. The molecule has 2 aromatic rings. The zero-order valence-corrected chi connectivity index (χ0v) is 13.9. The van der Waals surface area contributed by atoms with Crippen molar-refractivity contribution >= 4 is 5.95 Å². The minimum Gasteiger partial charge on any atom is -0.353 e. The van der Waals surface area contributed by atoms with Gasteiger partial charge in [-0.05, 0) is 26.1 Å². The molecule has 0 aliphatic carbocycles. The zero-order chi connectivity index (χ0) is 18.2. The van der Waals surface area contributed by atoms with Crippen LogP contribution in [0.2, 0.25) is 0 Å². The predicted molar refractivity (Wildman–Crippen MR) is 86.6 cm³/mol. The van der Waals surface area contributed by atoms with Crippen molar-refractivity contribution in [1.29, 1.82) is 0 Å². The first-order chi connectivity index (χ1) is 11.7. The summed E-state index contributed by atoms with van der Waals surface area (Å²) in [6.45, 7) is 1.71. The van der Waals surface area contributed by atoms with Gasteiger partial charge in [-0.1, -0.05) is 0 Å². The molecule has 0 saturated carbocycles. The van der Waals surface area contributed by atoms with Crippen LogP contribution in [-0.2, 0) is 0 Å². The monoisotopic (exact) mass is 354 g/mol. The van der Waals surface area contributed by atoms with E-state index in [4.69, 9.17) is 0 Å². The Morgan fingerprint density at radius 3 is 2.64 bits per heavy atom. The first-order valence-electron chi connectivity index (χ1n) is 7.86. The maximum atomic E-state index is 13.9. The van der Waals surface area contributed by atoms with E-state index in [2.05, 4.69) is 15.3 Å². The second-order valence-corrected chi connectivity index (χ2v) is 6.33. The molecule has 0 amide bonds. The molecule has 1 atom stereocenters. The fourth-order valence-corrected chi connectivity index (χ4v) is 3.02. The molecule has 134 valence electrons. The van der Waals surface area contributed by atoms with E-state index in [1.807, 2.05) is 0 Å². The summed E-state index contributed by atoms with van der Waals surface area (Å²) < 4.78 is 53.7. The number of likely N-dealkylation sites (tertiary alicyclic amines) is 1. The second kappa shape index (κ2) is 6.59. The maximum absolute atomic E-state index is 13.9. The van der Waals surface area contributed by atoms with E-state index in [1.165, 1.54) is 18.3 Å². The normalized spacial score (nSPS) is 20.0. The molecule has 25 heavy (non-hydrogen) atoms. The van der Waals surface area contributed by atoms with Crippen molar-refractivity contribution in [1.82, 2.24) is 14.9 Å². The average Bonchev–Trinajstić information content (AvgIpc) is 2.78. The van der Waals surface area contributed by atoms with Gasteiger partial charge in [-0.15, -0.1) is 0 Å². The number of benzene rings is 1. The van der Waals surface area contributed by atoms with Crippen LogP contribution in [0, 0.1) is 18.6 Å². The number of nitrogens with zero attached hydrogens (tertiary/aromatic N) is 3. The van der Waals surface area contributed by atoms with Crippen molar-refractivity contribution in [2.45, 2.75) is 25.3 Å². The molecule has 1 aromatic carbocycles. The minimum atomic E-state index is -2.68. The smallest absolute Gasteiger partial charge is 0.262 e. The largest absolute Gasteiger partial charge is 0.353 e. The Kier molecular flexibility index (Phi) is 4.64. The van der Waals surface area contributed by atoms with Gasteiger partial charge in [-0.2, -0.15) is 0 Å². The Balaban J connectivity index is 1.72. The quantitative estimate of drug-likeness (QED) is 0.854. The molecule has 8 heteroatoms. The summed E-state index contributed by atoms with van der Waals surface area (Å²) in [5, 5.41) is 2.95. The predicted octanol–water partition coefficient (Wildman–Crippen LogP) is 3.48. The fourth-order valence-electron chi connectivity index (χ4n) is 3.02. The van der Waals surface area contributed by atoms with Gasteiger partial charge in [0.1, 0.15) is 11.6 Å². The lowest BCUT2D eigenvalue weighted by atomic mass is 10.1. The number of rotatable bonds is 4. The van der Waals surface area contributed by atoms with Crippen LogP contribution in [0.4, 0.5) is 23.5 Å². The number of hydrogen-bond acceptors (Lipinski definition) is 4. The molecular weight excluding hydrogens is 336 g/mol. The minimum absolute atomic E-state index is 0.209. The van der Waals surface area contributed by atoms with Crippen LogP contribution in [-0.4, -0.2) is 47.0 Å². The fraction of sp³-hybridized carbons (Fsp3) is 0.412. The molecule has 3 rings (SSSR count). The Bertz CT molecular complexity index is 781. The molecule has 1 N–H and O–H groups in total. The van der Waals surface area contributed by atoms with Crippen LogP contribution in [0.1, 0.15) is 12.1 Å². The van der Waals surface area contributed by atoms with E-state index >= 15 is 0 Å². The Labute approximate surface area is 142 Å². The van der Waals surface area contributed by atoms with Gasteiger partial charge < -0.3 is 5.32 Å². The second-order valence-electron chi connectivity index (χ2n) is 6.33. The Morgan fingerprint density at radius 2 is 2.04 bits per heavy atom. The van der Waals surface area contributed by atoms with Crippen LogP contribution in [0.5, 0.6) is 0 Å². The highest BCUT2D eigenvalue weighted by Gasteiger charge is 2.42. The van der Waals surface area contributed by atoms with E-state index < -0.39 is 17.6 Å². The highest BCUT2D eigenvalue weighted by atomic mass is 19.3. The summed E-state index contributed by atoms with van der Waals surface area (Å²) in [4.78, 5) is 9.96. The molecule has 0 radical (unpaired) electrons. The summed E-state index contributed by atoms with van der Waals surface area (Å²) >= 11 is 0. The van der Waals surface area contributed by atoms with Gasteiger partial charge in [-0.25, -0.2) is 27.5 Å². The van der Waals surface area contributed by atoms with E-state index in [1.54, 1.807) is 18.9 Å². The number of aryl methyl sites for hydroxylation is 1.